The monoisotopic (exact) mass is 354 g/mol. The quantitative estimate of drug-likeness (QED) is 0.435. The minimum Gasteiger partial charge on any atom is -0.0637 e. The molecule has 2 unspecified atom stereocenters. The minimum atomic E-state index is -0.243. The Labute approximate surface area is 148 Å². The summed E-state index contributed by atoms with van der Waals surface area (Å²) in [5.41, 5.74) is 0.468. The molecule has 0 saturated carbocycles. The van der Waals surface area contributed by atoms with Crippen molar-refractivity contribution in [3.8, 4) is 10.6 Å². The van der Waals surface area contributed by atoms with Crippen LogP contribution in [0.1, 0.15) is 52.1 Å². The van der Waals surface area contributed by atoms with Crippen LogP contribution in [0.2, 0.25) is 0 Å². The molecular formula is C22H28P2. The summed E-state index contributed by atoms with van der Waals surface area (Å²) in [4.78, 5) is 0. The van der Waals surface area contributed by atoms with Crippen molar-refractivity contribution in [3.63, 3.8) is 0 Å². The van der Waals surface area contributed by atoms with E-state index in [4.69, 9.17) is 0 Å². The molecule has 1 heterocycles. The molecule has 24 heavy (non-hydrogen) atoms. The number of benzene rings is 2. The first kappa shape index (κ1) is 17.6. The zero-order valence-corrected chi connectivity index (χ0v) is 17.5. The van der Waals surface area contributed by atoms with E-state index in [1.54, 1.807) is 21.2 Å². The van der Waals surface area contributed by atoms with Crippen LogP contribution in [0.15, 0.2) is 60.7 Å². The van der Waals surface area contributed by atoms with Gasteiger partial charge in [0.05, 0.1) is 0 Å². The summed E-state index contributed by atoms with van der Waals surface area (Å²) in [5, 5.41) is 6.54. The van der Waals surface area contributed by atoms with Crippen LogP contribution in [0, 0.1) is 0 Å². The van der Waals surface area contributed by atoms with Gasteiger partial charge in [0.1, 0.15) is 0 Å². The van der Waals surface area contributed by atoms with Crippen molar-refractivity contribution in [3.05, 3.63) is 71.3 Å². The molecule has 0 saturated heterocycles. The fourth-order valence-electron chi connectivity index (χ4n) is 3.33. The molecule has 0 bridgehead atoms. The predicted molar refractivity (Wildman–Crippen MR) is 112 cm³/mol. The van der Waals surface area contributed by atoms with Crippen LogP contribution in [0.5, 0.6) is 0 Å². The topological polar surface area (TPSA) is 0 Å². The molecule has 126 valence electrons. The fraction of sp³-hybridized carbons (Fsp3) is 0.364. The Morgan fingerprint density at radius 2 is 0.792 bits per heavy atom. The smallest absolute Gasteiger partial charge is 0.00207 e. The lowest BCUT2D eigenvalue weighted by Gasteiger charge is -2.41. The van der Waals surface area contributed by atoms with Crippen molar-refractivity contribution >= 4 is 14.4 Å². The Kier molecular flexibility index (Phi) is 4.59. The zero-order valence-electron chi connectivity index (χ0n) is 15.7. The maximum absolute atomic E-state index is 2.39. The summed E-state index contributed by atoms with van der Waals surface area (Å²) in [6.07, 6.45) is 0. The molecular weight excluding hydrogens is 326 g/mol. The molecule has 0 amide bonds. The van der Waals surface area contributed by atoms with E-state index in [0.717, 1.165) is 0 Å². The van der Waals surface area contributed by atoms with Gasteiger partial charge in [-0.25, -0.2) is 0 Å². The van der Waals surface area contributed by atoms with E-state index in [1.165, 1.54) is 0 Å². The highest BCUT2D eigenvalue weighted by atomic mass is 31.9. The molecule has 2 atom stereocenters. The maximum atomic E-state index is 2.39. The summed E-state index contributed by atoms with van der Waals surface area (Å²) >= 11 is 0. The number of hydrogen-bond donors (Lipinski definition) is 0. The normalized spacial score (nSPS) is 14.1. The van der Waals surface area contributed by atoms with Gasteiger partial charge in [0.15, 0.2) is 0 Å². The molecule has 0 aliphatic carbocycles. The predicted octanol–water partition coefficient (Wildman–Crippen LogP) is 8.23. The number of hydrogen-bond acceptors (Lipinski definition) is 0. The fourth-order valence-corrected chi connectivity index (χ4v) is 13.7. The summed E-state index contributed by atoms with van der Waals surface area (Å²) in [7, 11) is -0.486. The Morgan fingerprint density at radius 3 is 1.04 bits per heavy atom. The second kappa shape index (κ2) is 6.25. The van der Waals surface area contributed by atoms with Gasteiger partial charge in [-0.05, 0) is 21.4 Å². The minimum absolute atomic E-state index is 0.234. The first-order valence-electron chi connectivity index (χ1n) is 8.67. The second-order valence-corrected chi connectivity index (χ2v) is 14.1. The van der Waals surface area contributed by atoms with Crippen LogP contribution in [0.4, 0.5) is 0 Å². The average molecular weight is 354 g/mol. The average Bonchev–Trinajstić information content (AvgIpc) is 2.45. The van der Waals surface area contributed by atoms with Crippen LogP contribution in [-0.4, -0.2) is 0 Å². The molecule has 1 aromatic heterocycles. The highest BCUT2D eigenvalue weighted by Gasteiger charge is 2.37. The molecule has 0 fully saturated rings. The van der Waals surface area contributed by atoms with E-state index in [0.29, 0.717) is 0 Å². The highest BCUT2D eigenvalue weighted by molar-refractivity contribution is 8.17. The Morgan fingerprint density at radius 1 is 0.500 bits per heavy atom. The first-order chi connectivity index (χ1) is 11.2. The van der Waals surface area contributed by atoms with Gasteiger partial charge in [0, 0.05) is 10.6 Å². The van der Waals surface area contributed by atoms with Gasteiger partial charge in [0.2, 0.25) is 0 Å². The standard InChI is InChI=1S/C22H28P2/c1-21(2,3)19-20(22(4,5)6)24(18-15-11-8-12-16-18)23(19)17-13-9-7-10-14-17/h7-16H,1-6H3. The van der Waals surface area contributed by atoms with Gasteiger partial charge in [-0.3, -0.25) is 0 Å². The van der Waals surface area contributed by atoms with E-state index >= 15 is 0 Å². The molecule has 2 heteroatoms. The van der Waals surface area contributed by atoms with Gasteiger partial charge in [-0.2, -0.15) is 0 Å². The van der Waals surface area contributed by atoms with Crippen molar-refractivity contribution in [2.24, 2.45) is 0 Å². The molecule has 0 spiro atoms. The number of rotatable bonds is 2. The lowest BCUT2D eigenvalue weighted by Crippen LogP contribution is -2.22. The van der Waals surface area contributed by atoms with E-state index in [9.17, 15) is 0 Å². The van der Waals surface area contributed by atoms with Crippen LogP contribution in [0.3, 0.4) is 0 Å². The van der Waals surface area contributed by atoms with Crippen LogP contribution >= 0.6 is 14.4 Å². The molecule has 0 aliphatic rings. The lowest BCUT2D eigenvalue weighted by molar-refractivity contribution is 0.548. The third kappa shape index (κ3) is 3.15. The van der Waals surface area contributed by atoms with Gasteiger partial charge in [-0.1, -0.05) is 117 Å². The second-order valence-electron chi connectivity index (χ2n) is 8.49. The molecule has 0 N–H and O–H groups in total. The Bertz CT molecular complexity index is 735. The van der Waals surface area contributed by atoms with E-state index < -0.39 is 0 Å². The molecule has 2 aromatic carbocycles. The Balaban J connectivity index is 2.35. The van der Waals surface area contributed by atoms with Gasteiger partial charge in [0.25, 0.3) is 0 Å². The van der Waals surface area contributed by atoms with Crippen LogP contribution < -0.4 is 0 Å². The van der Waals surface area contributed by atoms with E-state index in [2.05, 4.69) is 102 Å². The first-order valence-corrected chi connectivity index (χ1v) is 12.1. The van der Waals surface area contributed by atoms with Crippen LogP contribution in [0.25, 0.3) is 10.6 Å². The third-order valence-corrected chi connectivity index (χ3v) is 12.8. The molecule has 3 rings (SSSR count). The Hall–Kier alpha value is -1.22. The van der Waals surface area contributed by atoms with Gasteiger partial charge in [-0.15, -0.1) is 0 Å². The zero-order chi connectivity index (χ0) is 17.5. The largest absolute Gasteiger partial charge is 0.0637 e. The van der Waals surface area contributed by atoms with Crippen molar-refractivity contribution in [1.29, 1.82) is 0 Å². The maximum Gasteiger partial charge on any atom is 0.00207 e. The lowest BCUT2D eigenvalue weighted by atomic mass is 9.86. The molecule has 3 aromatic rings. The molecule has 0 aliphatic heterocycles. The van der Waals surface area contributed by atoms with Gasteiger partial charge < -0.3 is 0 Å². The summed E-state index contributed by atoms with van der Waals surface area (Å²) < 4.78 is 0. The van der Waals surface area contributed by atoms with Gasteiger partial charge >= 0.3 is 0 Å². The van der Waals surface area contributed by atoms with Crippen molar-refractivity contribution in [2.75, 3.05) is 0 Å². The summed E-state index contributed by atoms with van der Waals surface area (Å²) in [6, 6.07) is 22.4. The summed E-state index contributed by atoms with van der Waals surface area (Å²) in [6.45, 7) is 14.4. The highest BCUT2D eigenvalue weighted by Crippen LogP contribution is 2.76. The van der Waals surface area contributed by atoms with E-state index in [-0.39, 0.29) is 25.3 Å². The van der Waals surface area contributed by atoms with Crippen molar-refractivity contribution in [2.45, 2.75) is 52.4 Å². The van der Waals surface area contributed by atoms with E-state index in [1.807, 2.05) is 0 Å². The molecule has 0 nitrogen and oxygen atoms in total. The van der Waals surface area contributed by atoms with Crippen molar-refractivity contribution < 1.29 is 0 Å². The third-order valence-electron chi connectivity index (χ3n) is 4.27. The summed E-state index contributed by atoms with van der Waals surface area (Å²) in [5.74, 6) is 0. The molecule has 0 radical (unpaired) electrons. The SMILES string of the molecule is CC(C)(C)c1c(C(C)(C)C)p(-c2ccccc2)p1-c1ccccc1. The van der Waals surface area contributed by atoms with Crippen LogP contribution in [-0.2, 0) is 10.8 Å². The van der Waals surface area contributed by atoms with Crippen molar-refractivity contribution in [1.82, 2.24) is 0 Å².